The number of hydrogen-bond donors (Lipinski definition) is 1. The Morgan fingerprint density at radius 1 is 1.21 bits per heavy atom. The van der Waals surface area contributed by atoms with Crippen LogP contribution in [0.3, 0.4) is 0 Å². The second-order valence-corrected chi connectivity index (χ2v) is 4.80. The van der Waals surface area contributed by atoms with Gasteiger partial charge >= 0.3 is 0 Å². The highest BCUT2D eigenvalue weighted by molar-refractivity contribution is 6.31. The molecule has 4 heteroatoms. The number of aromatic nitrogens is 1. The second-order valence-electron chi connectivity index (χ2n) is 4.39. The van der Waals surface area contributed by atoms with Crippen molar-refractivity contribution >= 4 is 11.6 Å². The van der Waals surface area contributed by atoms with Gasteiger partial charge in [-0.2, -0.15) is 0 Å². The third-order valence-corrected chi connectivity index (χ3v) is 3.53. The van der Waals surface area contributed by atoms with Crippen molar-refractivity contribution in [2.24, 2.45) is 0 Å². The van der Waals surface area contributed by atoms with Crippen LogP contribution < -0.4 is 10.1 Å². The van der Waals surface area contributed by atoms with E-state index < -0.39 is 0 Å². The molecule has 0 bridgehead atoms. The Bertz CT molecular complexity index is 572. The summed E-state index contributed by atoms with van der Waals surface area (Å²) in [5.74, 6) is 0.746. The maximum atomic E-state index is 6.19. The van der Waals surface area contributed by atoms with E-state index in [4.69, 9.17) is 16.3 Å². The molecule has 1 aromatic carbocycles. The summed E-state index contributed by atoms with van der Waals surface area (Å²) in [7, 11) is 3.55. The molecule has 0 aliphatic rings. The molecule has 0 fully saturated rings. The topological polar surface area (TPSA) is 34.2 Å². The number of nitrogens with zero attached hydrogens (tertiary/aromatic N) is 1. The van der Waals surface area contributed by atoms with Gasteiger partial charge in [0.1, 0.15) is 5.75 Å². The summed E-state index contributed by atoms with van der Waals surface area (Å²) in [6.07, 6.45) is 3.52. The molecule has 1 heterocycles. The first kappa shape index (κ1) is 13.8. The SMILES string of the molecule is CNC(c1cncc(OC)c1)c1ccc(C)c(Cl)c1. The Kier molecular flexibility index (Phi) is 4.40. The average molecular weight is 277 g/mol. The van der Waals surface area contributed by atoms with Crippen LogP contribution in [0.25, 0.3) is 0 Å². The molecule has 0 radical (unpaired) electrons. The van der Waals surface area contributed by atoms with Gasteiger partial charge in [0.05, 0.1) is 19.3 Å². The zero-order chi connectivity index (χ0) is 13.8. The van der Waals surface area contributed by atoms with Crippen molar-refractivity contribution < 1.29 is 4.74 Å². The molecule has 2 aromatic rings. The maximum absolute atomic E-state index is 6.19. The van der Waals surface area contributed by atoms with Gasteiger partial charge in [-0.3, -0.25) is 4.98 Å². The summed E-state index contributed by atoms with van der Waals surface area (Å²) < 4.78 is 5.21. The lowest BCUT2D eigenvalue weighted by Crippen LogP contribution is -2.18. The molecule has 19 heavy (non-hydrogen) atoms. The van der Waals surface area contributed by atoms with Crippen molar-refractivity contribution in [1.82, 2.24) is 10.3 Å². The van der Waals surface area contributed by atoms with E-state index >= 15 is 0 Å². The van der Waals surface area contributed by atoms with Crippen molar-refractivity contribution in [2.75, 3.05) is 14.2 Å². The molecule has 1 N–H and O–H groups in total. The van der Waals surface area contributed by atoms with Crippen LogP contribution in [0, 0.1) is 6.92 Å². The highest BCUT2D eigenvalue weighted by Gasteiger charge is 2.14. The van der Waals surface area contributed by atoms with Crippen molar-refractivity contribution in [1.29, 1.82) is 0 Å². The number of halogens is 1. The summed E-state index contributed by atoms with van der Waals surface area (Å²) in [6.45, 7) is 1.99. The normalized spacial score (nSPS) is 12.2. The summed E-state index contributed by atoms with van der Waals surface area (Å²) in [5, 5.41) is 4.05. The average Bonchev–Trinajstić information content (AvgIpc) is 2.44. The van der Waals surface area contributed by atoms with E-state index in [1.54, 1.807) is 13.3 Å². The molecule has 1 aromatic heterocycles. The van der Waals surface area contributed by atoms with Crippen molar-refractivity contribution in [3.8, 4) is 5.75 Å². The lowest BCUT2D eigenvalue weighted by molar-refractivity contribution is 0.411. The fourth-order valence-electron chi connectivity index (χ4n) is 2.02. The van der Waals surface area contributed by atoms with Crippen LogP contribution >= 0.6 is 11.6 Å². The number of hydrogen-bond acceptors (Lipinski definition) is 3. The van der Waals surface area contributed by atoms with Gasteiger partial charge in [0.2, 0.25) is 0 Å². The largest absolute Gasteiger partial charge is 0.495 e. The summed E-state index contributed by atoms with van der Waals surface area (Å²) in [4.78, 5) is 4.19. The van der Waals surface area contributed by atoms with Crippen LogP contribution in [0.1, 0.15) is 22.7 Å². The minimum absolute atomic E-state index is 0.0423. The summed E-state index contributed by atoms with van der Waals surface area (Å²) in [6, 6.07) is 8.09. The zero-order valence-electron chi connectivity index (χ0n) is 11.3. The lowest BCUT2D eigenvalue weighted by atomic mass is 9.99. The highest BCUT2D eigenvalue weighted by Crippen LogP contribution is 2.27. The van der Waals surface area contributed by atoms with Gasteiger partial charge in [-0.25, -0.2) is 0 Å². The predicted octanol–water partition coefficient (Wildman–Crippen LogP) is 3.36. The molecule has 0 saturated heterocycles. The molecule has 1 atom stereocenters. The molecular weight excluding hydrogens is 260 g/mol. The van der Waals surface area contributed by atoms with Crippen molar-refractivity contribution in [3.05, 3.63) is 58.4 Å². The molecule has 0 aliphatic carbocycles. The van der Waals surface area contributed by atoms with Crippen LogP contribution in [0.2, 0.25) is 5.02 Å². The predicted molar refractivity (Wildman–Crippen MR) is 77.9 cm³/mol. The Morgan fingerprint density at radius 2 is 2.00 bits per heavy atom. The zero-order valence-corrected chi connectivity index (χ0v) is 12.0. The minimum Gasteiger partial charge on any atom is -0.495 e. The van der Waals surface area contributed by atoms with Gasteiger partial charge < -0.3 is 10.1 Å². The Hall–Kier alpha value is -1.58. The van der Waals surface area contributed by atoms with Gasteiger partial charge in [0.15, 0.2) is 0 Å². The Labute approximate surface area is 118 Å². The van der Waals surface area contributed by atoms with E-state index in [1.165, 1.54) is 0 Å². The third kappa shape index (κ3) is 3.06. The summed E-state index contributed by atoms with van der Waals surface area (Å²) in [5.41, 5.74) is 3.22. The second kappa shape index (κ2) is 6.04. The van der Waals surface area contributed by atoms with Crippen molar-refractivity contribution in [3.63, 3.8) is 0 Å². The van der Waals surface area contributed by atoms with Gasteiger partial charge in [-0.05, 0) is 42.8 Å². The number of rotatable bonds is 4. The lowest BCUT2D eigenvalue weighted by Gasteiger charge is -2.18. The van der Waals surface area contributed by atoms with E-state index in [0.717, 1.165) is 27.5 Å². The number of methoxy groups -OCH3 is 1. The van der Waals surface area contributed by atoms with Gasteiger partial charge in [-0.1, -0.05) is 23.7 Å². The molecular formula is C15H17ClN2O. The third-order valence-electron chi connectivity index (χ3n) is 3.12. The van der Waals surface area contributed by atoms with Crippen LogP contribution in [-0.2, 0) is 0 Å². The van der Waals surface area contributed by atoms with Crippen LogP contribution in [0.15, 0.2) is 36.7 Å². The first-order valence-corrected chi connectivity index (χ1v) is 6.45. The van der Waals surface area contributed by atoms with E-state index in [1.807, 2.05) is 38.4 Å². The van der Waals surface area contributed by atoms with Crippen LogP contribution in [0.5, 0.6) is 5.75 Å². The van der Waals surface area contributed by atoms with Gasteiger partial charge in [-0.15, -0.1) is 0 Å². The fraction of sp³-hybridized carbons (Fsp3) is 0.267. The standard InChI is InChI=1S/C15H17ClN2O/c1-10-4-5-11(7-14(10)16)15(17-2)12-6-13(19-3)9-18-8-12/h4-9,15,17H,1-3H3. The number of benzene rings is 1. The molecule has 100 valence electrons. The van der Waals surface area contributed by atoms with E-state index in [0.29, 0.717) is 0 Å². The molecule has 0 aliphatic heterocycles. The van der Waals surface area contributed by atoms with Crippen molar-refractivity contribution in [2.45, 2.75) is 13.0 Å². The maximum Gasteiger partial charge on any atom is 0.137 e. The van der Waals surface area contributed by atoms with Crippen LogP contribution in [-0.4, -0.2) is 19.1 Å². The number of aryl methyl sites for hydroxylation is 1. The van der Waals surface area contributed by atoms with E-state index in [2.05, 4.69) is 16.4 Å². The summed E-state index contributed by atoms with van der Waals surface area (Å²) >= 11 is 6.19. The fourth-order valence-corrected chi connectivity index (χ4v) is 2.21. The first-order valence-electron chi connectivity index (χ1n) is 6.08. The van der Waals surface area contributed by atoms with E-state index in [-0.39, 0.29) is 6.04 Å². The number of ether oxygens (including phenoxy) is 1. The molecule has 2 rings (SSSR count). The monoisotopic (exact) mass is 276 g/mol. The van der Waals surface area contributed by atoms with Gasteiger partial charge in [0.25, 0.3) is 0 Å². The smallest absolute Gasteiger partial charge is 0.137 e. The van der Waals surface area contributed by atoms with E-state index in [9.17, 15) is 0 Å². The molecule has 1 unspecified atom stereocenters. The first-order chi connectivity index (χ1) is 9.15. The quantitative estimate of drug-likeness (QED) is 0.930. The minimum atomic E-state index is 0.0423. The van der Waals surface area contributed by atoms with Gasteiger partial charge in [0, 0.05) is 11.2 Å². The number of pyridine rings is 1. The van der Waals surface area contributed by atoms with Crippen LogP contribution in [0.4, 0.5) is 0 Å². The molecule has 0 saturated carbocycles. The Balaban J connectivity index is 2.40. The molecule has 0 spiro atoms. The Morgan fingerprint density at radius 3 is 2.63 bits per heavy atom. The number of nitrogens with one attached hydrogen (secondary N) is 1. The molecule has 3 nitrogen and oxygen atoms in total. The molecule has 0 amide bonds. The highest BCUT2D eigenvalue weighted by atomic mass is 35.5.